The Morgan fingerprint density at radius 1 is 1.17 bits per heavy atom. The zero-order chi connectivity index (χ0) is 16.5. The molecule has 2 aliphatic rings. The molecule has 3 N–H and O–H groups in total. The number of urea groups is 1. The second-order valence-electron chi connectivity index (χ2n) is 5.96. The minimum Gasteiger partial charge on any atom is -0.454 e. The van der Waals surface area contributed by atoms with Crippen molar-refractivity contribution in [2.75, 3.05) is 6.79 Å². The van der Waals surface area contributed by atoms with Gasteiger partial charge in [0.05, 0.1) is 12.1 Å². The van der Waals surface area contributed by atoms with Crippen LogP contribution in [0.25, 0.3) is 0 Å². The lowest BCUT2D eigenvalue weighted by Gasteiger charge is -2.18. The van der Waals surface area contributed by atoms with Gasteiger partial charge < -0.3 is 25.2 Å². The van der Waals surface area contributed by atoms with Crippen molar-refractivity contribution in [3.05, 3.63) is 59.2 Å². The molecule has 1 heterocycles. The number of amides is 2. The maximum atomic E-state index is 12.2. The van der Waals surface area contributed by atoms with Crippen molar-refractivity contribution < 1.29 is 19.4 Å². The van der Waals surface area contributed by atoms with E-state index in [-0.39, 0.29) is 18.9 Å². The van der Waals surface area contributed by atoms with Crippen LogP contribution < -0.4 is 20.1 Å². The van der Waals surface area contributed by atoms with Gasteiger partial charge in [0.25, 0.3) is 0 Å². The topological polar surface area (TPSA) is 79.8 Å². The van der Waals surface area contributed by atoms with Crippen molar-refractivity contribution in [2.45, 2.75) is 25.1 Å². The van der Waals surface area contributed by atoms with Gasteiger partial charge in [0, 0.05) is 13.0 Å². The average molecular weight is 326 g/mol. The van der Waals surface area contributed by atoms with Crippen molar-refractivity contribution in [3.63, 3.8) is 0 Å². The van der Waals surface area contributed by atoms with Crippen molar-refractivity contribution in [2.24, 2.45) is 0 Å². The fraction of sp³-hybridized carbons (Fsp3) is 0.278. The summed E-state index contributed by atoms with van der Waals surface area (Å²) >= 11 is 0. The van der Waals surface area contributed by atoms with Crippen LogP contribution in [0, 0.1) is 0 Å². The first-order chi connectivity index (χ1) is 11.7. The van der Waals surface area contributed by atoms with Gasteiger partial charge in [0.15, 0.2) is 11.5 Å². The molecular formula is C18H18N2O4. The molecule has 0 unspecified atom stereocenters. The molecule has 0 radical (unpaired) electrons. The first-order valence-corrected chi connectivity index (χ1v) is 7.89. The van der Waals surface area contributed by atoms with Crippen LogP contribution in [-0.2, 0) is 13.0 Å². The Balaban J connectivity index is 1.37. The van der Waals surface area contributed by atoms with E-state index < -0.39 is 6.10 Å². The Morgan fingerprint density at radius 3 is 2.92 bits per heavy atom. The maximum Gasteiger partial charge on any atom is 0.315 e. The van der Waals surface area contributed by atoms with Gasteiger partial charge >= 0.3 is 6.03 Å². The summed E-state index contributed by atoms with van der Waals surface area (Å²) in [5, 5.41) is 15.8. The number of aliphatic hydroxyl groups is 1. The summed E-state index contributed by atoms with van der Waals surface area (Å²) in [5.41, 5.74) is 2.97. The number of fused-ring (bicyclic) bond motifs is 2. The summed E-state index contributed by atoms with van der Waals surface area (Å²) in [7, 11) is 0. The van der Waals surface area contributed by atoms with Crippen LogP contribution in [0.3, 0.4) is 0 Å². The number of carbonyl (C=O) groups is 1. The summed E-state index contributed by atoms with van der Waals surface area (Å²) < 4.78 is 10.6. The Bertz CT molecular complexity index is 777. The molecule has 0 aromatic heterocycles. The Labute approximate surface area is 139 Å². The summed E-state index contributed by atoms with van der Waals surface area (Å²) in [6, 6.07) is 12.6. The van der Waals surface area contributed by atoms with E-state index in [0.717, 1.165) is 16.7 Å². The highest BCUT2D eigenvalue weighted by Gasteiger charge is 2.31. The van der Waals surface area contributed by atoms with E-state index in [2.05, 4.69) is 10.6 Å². The fourth-order valence-electron chi connectivity index (χ4n) is 3.17. The van der Waals surface area contributed by atoms with Gasteiger partial charge in [-0.05, 0) is 28.8 Å². The molecule has 6 nitrogen and oxygen atoms in total. The van der Waals surface area contributed by atoms with Crippen LogP contribution >= 0.6 is 0 Å². The lowest BCUT2D eigenvalue weighted by molar-refractivity contribution is 0.142. The number of carbonyl (C=O) groups excluding carboxylic acids is 1. The van der Waals surface area contributed by atoms with Gasteiger partial charge in [0.1, 0.15) is 0 Å². The third-order valence-corrected chi connectivity index (χ3v) is 4.38. The van der Waals surface area contributed by atoms with E-state index in [1.807, 2.05) is 42.5 Å². The number of benzene rings is 2. The van der Waals surface area contributed by atoms with Crippen LogP contribution in [0.4, 0.5) is 4.79 Å². The predicted molar refractivity (Wildman–Crippen MR) is 86.8 cm³/mol. The molecular weight excluding hydrogens is 308 g/mol. The lowest BCUT2D eigenvalue weighted by Crippen LogP contribution is -2.40. The quantitative estimate of drug-likeness (QED) is 0.804. The number of aliphatic hydroxyl groups excluding tert-OH is 1. The molecule has 1 aliphatic heterocycles. The smallest absolute Gasteiger partial charge is 0.315 e. The van der Waals surface area contributed by atoms with Gasteiger partial charge in [-0.3, -0.25) is 0 Å². The molecule has 0 spiro atoms. The molecule has 124 valence electrons. The molecule has 0 saturated heterocycles. The van der Waals surface area contributed by atoms with E-state index in [4.69, 9.17) is 9.47 Å². The molecule has 2 atom stereocenters. The van der Waals surface area contributed by atoms with E-state index in [9.17, 15) is 9.90 Å². The highest BCUT2D eigenvalue weighted by Crippen LogP contribution is 2.33. The van der Waals surface area contributed by atoms with Crippen molar-refractivity contribution >= 4 is 6.03 Å². The second kappa shape index (κ2) is 6.05. The first kappa shape index (κ1) is 14.8. The zero-order valence-electron chi connectivity index (χ0n) is 13.0. The van der Waals surface area contributed by atoms with Crippen LogP contribution in [0.2, 0.25) is 0 Å². The molecule has 0 fully saturated rings. The van der Waals surface area contributed by atoms with Gasteiger partial charge in [-0.1, -0.05) is 30.3 Å². The number of nitrogens with one attached hydrogen (secondary N) is 2. The van der Waals surface area contributed by atoms with Gasteiger partial charge in [-0.2, -0.15) is 0 Å². The summed E-state index contributed by atoms with van der Waals surface area (Å²) in [5.74, 6) is 1.41. The normalized spacial score (nSPS) is 20.5. The third kappa shape index (κ3) is 2.76. The van der Waals surface area contributed by atoms with Crippen molar-refractivity contribution in [3.8, 4) is 11.5 Å². The number of rotatable bonds is 3. The van der Waals surface area contributed by atoms with E-state index >= 15 is 0 Å². The van der Waals surface area contributed by atoms with Gasteiger partial charge in [-0.25, -0.2) is 4.79 Å². The monoisotopic (exact) mass is 326 g/mol. The molecule has 6 heteroatoms. The van der Waals surface area contributed by atoms with Crippen LogP contribution in [-0.4, -0.2) is 24.0 Å². The number of ether oxygens (including phenoxy) is 2. The lowest BCUT2D eigenvalue weighted by atomic mass is 10.1. The SMILES string of the molecule is O=C(NCc1ccc2c(c1)OCO2)N[C@H]1c2ccccc2C[C@H]1O. The second-order valence-corrected chi connectivity index (χ2v) is 5.96. The molecule has 1 aliphatic carbocycles. The molecule has 4 rings (SSSR count). The number of hydrogen-bond acceptors (Lipinski definition) is 4. The average Bonchev–Trinajstić information content (AvgIpc) is 3.17. The Morgan fingerprint density at radius 2 is 2.00 bits per heavy atom. The molecule has 0 bridgehead atoms. The van der Waals surface area contributed by atoms with Crippen LogP contribution in [0.15, 0.2) is 42.5 Å². The number of hydrogen-bond donors (Lipinski definition) is 3. The highest BCUT2D eigenvalue weighted by atomic mass is 16.7. The summed E-state index contributed by atoms with van der Waals surface area (Å²) in [4.78, 5) is 12.2. The Hall–Kier alpha value is -2.73. The maximum absolute atomic E-state index is 12.2. The van der Waals surface area contributed by atoms with Crippen molar-refractivity contribution in [1.82, 2.24) is 10.6 Å². The van der Waals surface area contributed by atoms with Gasteiger partial charge in [-0.15, -0.1) is 0 Å². The standard InChI is InChI=1S/C18H18N2O4/c21-14-8-12-3-1-2-4-13(12)17(14)20-18(22)19-9-11-5-6-15-16(7-11)24-10-23-15/h1-7,14,17,21H,8-10H2,(H2,19,20,22)/t14-,17+/m1/s1. The minimum atomic E-state index is -0.598. The molecule has 2 amide bonds. The summed E-state index contributed by atoms with van der Waals surface area (Å²) in [6.45, 7) is 0.596. The van der Waals surface area contributed by atoms with Crippen molar-refractivity contribution in [1.29, 1.82) is 0 Å². The largest absolute Gasteiger partial charge is 0.454 e. The molecule has 2 aromatic rings. The zero-order valence-corrected chi connectivity index (χ0v) is 13.0. The van der Waals surface area contributed by atoms with E-state index in [1.165, 1.54) is 0 Å². The Kier molecular flexibility index (Phi) is 3.74. The molecule has 0 saturated carbocycles. The molecule has 2 aromatic carbocycles. The first-order valence-electron chi connectivity index (χ1n) is 7.89. The highest BCUT2D eigenvalue weighted by molar-refractivity contribution is 5.75. The van der Waals surface area contributed by atoms with E-state index in [0.29, 0.717) is 24.5 Å². The predicted octanol–water partition coefficient (Wildman–Crippen LogP) is 1.87. The fourth-order valence-corrected chi connectivity index (χ4v) is 3.17. The van der Waals surface area contributed by atoms with E-state index in [1.54, 1.807) is 0 Å². The molecule has 24 heavy (non-hydrogen) atoms. The van der Waals surface area contributed by atoms with Crippen LogP contribution in [0.5, 0.6) is 11.5 Å². The summed E-state index contributed by atoms with van der Waals surface area (Å²) in [6.07, 6.45) is -0.0396. The van der Waals surface area contributed by atoms with Crippen LogP contribution in [0.1, 0.15) is 22.7 Å². The minimum absolute atomic E-state index is 0.228. The van der Waals surface area contributed by atoms with Gasteiger partial charge in [0.2, 0.25) is 6.79 Å². The third-order valence-electron chi connectivity index (χ3n) is 4.38.